The minimum Gasteiger partial charge on any atom is -0.347 e. The summed E-state index contributed by atoms with van der Waals surface area (Å²) in [6, 6.07) is 0.675. The third-order valence-corrected chi connectivity index (χ3v) is 8.29. The molecule has 1 saturated carbocycles. The third-order valence-electron chi connectivity index (χ3n) is 6.68. The normalized spacial score (nSPS) is 33.4. The first-order valence-electron chi connectivity index (χ1n) is 10.3. The van der Waals surface area contributed by atoms with Gasteiger partial charge in [0.25, 0.3) is 10.2 Å². The average Bonchev–Trinajstić information content (AvgIpc) is 3.10. The van der Waals surface area contributed by atoms with Crippen molar-refractivity contribution in [2.75, 3.05) is 45.9 Å². The summed E-state index contributed by atoms with van der Waals surface area (Å²) in [4.78, 5) is 2.53. The van der Waals surface area contributed by atoms with Gasteiger partial charge in [0.2, 0.25) is 0 Å². The van der Waals surface area contributed by atoms with Crippen LogP contribution >= 0.6 is 0 Å². The zero-order chi connectivity index (χ0) is 18.0. The summed E-state index contributed by atoms with van der Waals surface area (Å²) in [6.45, 7) is 4.59. The summed E-state index contributed by atoms with van der Waals surface area (Å²) in [6.07, 6.45) is 9.16. The second-order valence-corrected chi connectivity index (χ2v) is 9.95. The van der Waals surface area contributed by atoms with E-state index in [1.54, 1.807) is 4.31 Å². The molecule has 0 amide bonds. The van der Waals surface area contributed by atoms with E-state index in [0.717, 1.165) is 19.0 Å². The summed E-state index contributed by atoms with van der Waals surface area (Å²) in [5.41, 5.74) is 0. The lowest BCUT2D eigenvalue weighted by Crippen LogP contribution is -2.53. The fourth-order valence-corrected chi connectivity index (χ4v) is 6.46. The van der Waals surface area contributed by atoms with Crippen molar-refractivity contribution >= 4 is 10.2 Å². The second-order valence-electron chi connectivity index (χ2n) is 8.20. The minimum atomic E-state index is -3.41. The largest absolute Gasteiger partial charge is 0.347 e. The monoisotopic (exact) mass is 387 g/mol. The lowest BCUT2D eigenvalue weighted by Gasteiger charge is -2.44. The van der Waals surface area contributed by atoms with Gasteiger partial charge in [-0.25, -0.2) is 4.72 Å². The Balaban J connectivity index is 1.25. The molecule has 0 bridgehead atoms. The fourth-order valence-electron chi connectivity index (χ4n) is 5.27. The zero-order valence-corrected chi connectivity index (χ0v) is 16.5. The number of nitrogens with one attached hydrogen (secondary N) is 1. The minimum absolute atomic E-state index is 0.462. The maximum absolute atomic E-state index is 12.6. The number of fused-ring (bicyclic) bond motifs is 1. The molecule has 150 valence electrons. The molecule has 3 aliphatic heterocycles. The molecule has 0 aromatic carbocycles. The summed E-state index contributed by atoms with van der Waals surface area (Å²) in [5.74, 6) is 0.300. The lowest BCUT2D eigenvalue weighted by atomic mass is 9.78. The van der Waals surface area contributed by atoms with Crippen LogP contribution in [0.25, 0.3) is 0 Å². The van der Waals surface area contributed by atoms with Crippen molar-refractivity contribution in [3.63, 3.8) is 0 Å². The van der Waals surface area contributed by atoms with Crippen molar-refractivity contribution in [3.8, 4) is 0 Å². The van der Waals surface area contributed by atoms with E-state index in [-0.39, 0.29) is 0 Å². The van der Waals surface area contributed by atoms with Crippen LogP contribution in [0.15, 0.2) is 0 Å². The predicted molar refractivity (Wildman–Crippen MR) is 98.9 cm³/mol. The van der Waals surface area contributed by atoms with Gasteiger partial charge in [-0.1, -0.05) is 12.8 Å². The molecule has 2 unspecified atom stereocenters. The van der Waals surface area contributed by atoms with Crippen molar-refractivity contribution in [1.29, 1.82) is 0 Å². The van der Waals surface area contributed by atoms with Crippen molar-refractivity contribution in [2.45, 2.75) is 63.2 Å². The van der Waals surface area contributed by atoms with Gasteiger partial charge in [-0.05, 0) is 38.1 Å². The van der Waals surface area contributed by atoms with Crippen molar-refractivity contribution < 1.29 is 17.9 Å². The van der Waals surface area contributed by atoms with Crippen molar-refractivity contribution in [3.05, 3.63) is 0 Å². The van der Waals surface area contributed by atoms with E-state index in [2.05, 4.69) is 9.62 Å². The molecule has 1 N–H and O–H groups in total. The van der Waals surface area contributed by atoms with E-state index in [1.807, 2.05) is 0 Å². The van der Waals surface area contributed by atoms with Gasteiger partial charge in [0, 0.05) is 45.1 Å². The Labute approximate surface area is 157 Å². The molecule has 4 aliphatic rings. The standard InChI is InChI=1S/C18H33N3O4S/c22-26(23,21-11-7-18(8-12-21)24-14-15-25-18)19-9-13-20-10-3-5-16-4-1-2-6-17(16)20/h16-17,19H,1-15H2. The highest BCUT2D eigenvalue weighted by Crippen LogP contribution is 2.35. The van der Waals surface area contributed by atoms with Gasteiger partial charge in [0.1, 0.15) is 0 Å². The molecule has 4 rings (SSSR count). The smallest absolute Gasteiger partial charge is 0.279 e. The summed E-state index contributed by atoms with van der Waals surface area (Å²) in [7, 11) is -3.41. The third kappa shape index (κ3) is 4.10. The van der Waals surface area contributed by atoms with E-state index in [4.69, 9.17) is 9.47 Å². The summed E-state index contributed by atoms with van der Waals surface area (Å²) < 4.78 is 41.0. The van der Waals surface area contributed by atoms with Crippen LogP contribution in [0.2, 0.25) is 0 Å². The second kappa shape index (κ2) is 8.01. The highest BCUT2D eigenvalue weighted by molar-refractivity contribution is 7.87. The van der Waals surface area contributed by atoms with Crippen molar-refractivity contribution in [2.24, 2.45) is 5.92 Å². The number of nitrogens with zero attached hydrogens (tertiary/aromatic N) is 2. The molecular formula is C18H33N3O4S. The van der Waals surface area contributed by atoms with Crippen LogP contribution in [0, 0.1) is 5.92 Å². The lowest BCUT2D eigenvalue weighted by molar-refractivity contribution is -0.179. The number of hydrogen-bond acceptors (Lipinski definition) is 5. The molecule has 2 atom stereocenters. The zero-order valence-electron chi connectivity index (χ0n) is 15.7. The maximum atomic E-state index is 12.6. The van der Waals surface area contributed by atoms with Gasteiger partial charge < -0.3 is 9.47 Å². The molecule has 1 aliphatic carbocycles. The first kappa shape index (κ1) is 19.1. The molecule has 4 fully saturated rings. The van der Waals surface area contributed by atoms with Crippen LogP contribution in [0.4, 0.5) is 0 Å². The first-order valence-corrected chi connectivity index (χ1v) is 11.8. The molecular weight excluding hydrogens is 354 g/mol. The molecule has 26 heavy (non-hydrogen) atoms. The van der Waals surface area contributed by atoms with Crippen LogP contribution in [0.3, 0.4) is 0 Å². The number of ether oxygens (including phenoxy) is 2. The van der Waals surface area contributed by atoms with Gasteiger partial charge >= 0.3 is 0 Å². The molecule has 1 spiro atoms. The molecule has 0 aromatic heterocycles. The number of piperidine rings is 2. The van der Waals surface area contributed by atoms with Gasteiger partial charge in [0.05, 0.1) is 13.2 Å². The van der Waals surface area contributed by atoms with E-state index in [0.29, 0.717) is 51.7 Å². The van der Waals surface area contributed by atoms with Crippen LogP contribution < -0.4 is 4.72 Å². The Bertz CT molecular complexity index is 567. The van der Waals surface area contributed by atoms with E-state index in [9.17, 15) is 8.42 Å². The van der Waals surface area contributed by atoms with E-state index >= 15 is 0 Å². The van der Waals surface area contributed by atoms with Gasteiger partial charge in [-0.2, -0.15) is 12.7 Å². The van der Waals surface area contributed by atoms with Crippen molar-refractivity contribution in [1.82, 2.24) is 13.9 Å². The highest BCUT2D eigenvalue weighted by Gasteiger charge is 2.42. The molecule has 8 heteroatoms. The molecule has 3 saturated heterocycles. The number of likely N-dealkylation sites (tertiary alicyclic amines) is 1. The molecule has 0 aromatic rings. The van der Waals surface area contributed by atoms with Crippen LogP contribution in [0.5, 0.6) is 0 Å². The Hall–Kier alpha value is -0.250. The van der Waals surface area contributed by atoms with Gasteiger partial charge in [-0.3, -0.25) is 4.90 Å². The highest BCUT2D eigenvalue weighted by atomic mass is 32.2. The predicted octanol–water partition coefficient (Wildman–Crippen LogP) is 1.31. The van der Waals surface area contributed by atoms with Crippen LogP contribution in [0.1, 0.15) is 51.4 Å². The Morgan fingerprint density at radius 3 is 2.42 bits per heavy atom. The quantitative estimate of drug-likeness (QED) is 0.770. The number of hydrogen-bond donors (Lipinski definition) is 1. The Kier molecular flexibility index (Phi) is 5.88. The van der Waals surface area contributed by atoms with Gasteiger partial charge in [-0.15, -0.1) is 0 Å². The molecule has 0 radical (unpaired) electrons. The number of rotatable bonds is 5. The van der Waals surface area contributed by atoms with Crippen LogP contribution in [-0.4, -0.2) is 75.4 Å². The first-order chi connectivity index (χ1) is 12.6. The summed E-state index contributed by atoms with van der Waals surface area (Å²) in [5, 5.41) is 0. The topological polar surface area (TPSA) is 71.1 Å². The SMILES string of the molecule is O=S(=O)(NCCN1CCCC2CCCCC21)N1CCC2(CC1)OCCO2. The molecule has 7 nitrogen and oxygen atoms in total. The van der Waals surface area contributed by atoms with E-state index < -0.39 is 16.0 Å². The average molecular weight is 388 g/mol. The Morgan fingerprint density at radius 2 is 1.65 bits per heavy atom. The Morgan fingerprint density at radius 1 is 0.962 bits per heavy atom. The van der Waals surface area contributed by atoms with Gasteiger partial charge in [0.15, 0.2) is 5.79 Å². The fraction of sp³-hybridized carbons (Fsp3) is 1.00. The van der Waals surface area contributed by atoms with E-state index in [1.165, 1.54) is 38.5 Å². The maximum Gasteiger partial charge on any atom is 0.279 e. The summed E-state index contributed by atoms with van der Waals surface area (Å²) >= 11 is 0. The van der Waals surface area contributed by atoms with Crippen LogP contribution in [-0.2, 0) is 19.7 Å². The molecule has 3 heterocycles.